The Morgan fingerprint density at radius 2 is 2.14 bits per heavy atom. The van der Waals surface area contributed by atoms with Gasteiger partial charge in [0, 0.05) is 24.9 Å². The molecule has 4 aromatic heterocycles. The van der Waals surface area contributed by atoms with Crippen LogP contribution in [0.5, 0.6) is 0 Å². The molecule has 6 rings (SSSR count). The van der Waals surface area contributed by atoms with Gasteiger partial charge in [-0.05, 0) is 36.5 Å². The first-order valence-corrected chi connectivity index (χ1v) is 9.57. The van der Waals surface area contributed by atoms with E-state index in [0.717, 1.165) is 22.6 Å². The number of halogens is 2. The van der Waals surface area contributed by atoms with E-state index in [2.05, 4.69) is 32.3 Å². The van der Waals surface area contributed by atoms with Gasteiger partial charge in [0.15, 0.2) is 0 Å². The number of hydrogen-bond acceptors (Lipinski definition) is 6. The summed E-state index contributed by atoms with van der Waals surface area (Å²) in [6.07, 6.45) is 3.81. The topological polar surface area (TPSA) is 88.1 Å². The molecule has 29 heavy (non-hydrogen) atoms. The Bertz CT molecular complexity index is 1190. The van der Waals surface area contributed by atoms with Crippen molar-refractivity contribution in [3.05, 3.63) is 59.3 Å². The Hall–Kier alpha value is -3.30. The Morgan fingerprint density at radius 3 is 2.93 bits per heavy atom. The maximum atomic E-state index is 13.0. The minimum Gasteiger partial charge on any atom is -0.402 e. The summed E-state index contributed by atoms with van der Waals surface area (Å²) in [6.45, 7) is 0.522. The van der Waals surface area contributed by atoms with Crippen LogP contribution in [0.15, 0.2) is 35.1 Å². The van der Waals surface area contributed by atoms with Gasteiger partial charge in [0.05, 0.1) is 23.2 Å². The van der Waals surface area contributed by atoms with Crippen LogP contribution in [0.3, 0.4) is 0 Å². The third-order valence-corrected chi connectivity index (χ3v) is 5.64. The second-order valence-electron chi connectivity index (χ2n) is 7.47. The van der Waals surface area contributed by atoms with Gasteiger partial charge in [-0.3, -0.25) is 0 Å². The Morgan fingerprint density at radius 1 is 1.24 bits per heavy atom. The summed E-state index contributed by atoms with van der Waals surface area (Å²) in [5.41, 5.74) is 4.91. The highest BCUT2D eigenvalue weighted by Crippen LogP contribution is 2.43. The number of nitrogens with one attached hydrogen (secondary N) is 1. The van der Waals surface area contributed by atoms with Crippen molar-refractivity contribution in [3.8, 4) is 0 Å². The molecule has 8 nitrogen and oxygen atoms in total. The molecule has 5 heterocycles. The molecule has 0 unspecified atom stereocenters. The third-order valence-electron chi connectivity index (χ3n) is 5.64. The minimum atomic E-state index is -2.81. The number of aromatic nitrogens is 6. The fourth-order valence-corrected chi connectivity index (χ4v) is 4.14. The fourth-order valence-electron chi connectivity index (χ4n) is 4.14. The second kappa shape index (κ2) is 6.10. The zero-order chi connectivity index (χ0) is 19.5. The van der Waals surface area contributed by atoms with E-state index in [9.17, 15) is 8.78 Å². The predicted molar refractivity (Wildman–Crippen MR) is 97.9 cm³/mol. The van der Waals surface area contributed by atoms with Crippen molar-refractivity contribution in [2.24, 2.45) is 0 Å². The maximum Gasteiger partial charge on any atom is 0.319 e. The Kier molecular flexibility index (Phi) is 3.50. The summed E-state index contributed by atoms with van der Waals surface area (Å²) in [5, 5.41) is 12.1. The number of pyridine rings is 1. The van der Waals surface area contributed by atoms with Crippen molar-refractivity contribution in [3.63, 3.8) is 0 Å². The largest absolute Gasteiger partial charge is 0.402 e. The number of imidazole rings is 1. The van der Waals surface area contributed by atoms with Crippen LogP contribution in [0.1, 0.15) is 59.8 Å². The van der Waals surface area contributed by atoms with Crippen LogP contribution in [-0.4, -0.2) is 36.3 Å². The summed E-state index contributed by atoms with van der Waals surface area (Å²) >= 11 is 0. The van der Waals surface area contributed by atoms with Gasteiger partial charge in [-0.15, -0.1) is 5.10 Å². The third kappa shape index (κ3) is 2.62. The monoisotopic (exact) mass is 397 g/mol. The molecule has 0 aromatic carbocycles. The first-order valence-electron chi connectivity index (χ1n) is 9.57. The molecule has 1 N–H and O–H groups in total. The van der Waals surface area contributed by atoms with Crippen molar-refractivity contribution in [1.29, 1.82) is 0 Å². The number of H-pyrrole nitrogens is 1. The number of fused-ring (bicyclic) bond motifs is 2. The van der Waals surface area contributed by atoms with E-state index in [0.29, 0.717) is 18.9 Å². The lowest BCUT2D eigenvalue weighted by atomic mass is 10.00. The molecule has 1 aliphatic carbocycles. The standard InChI is InChI=1S/C19H17F2N7O/c20-17(21)18-24-25-19(29-18)27-7-5-12-15(23-9-22-12)16(27)13-8-14-11(10-3-4-10)2-1-6-28(14)26-13/h1-2,6,8-10,16-17H,3-5,7H2,(H,22,23)/t16-/m1/s1. The number of aromatic amines is 1. The fraction of sp³-hybridized carbons (Fsp3) is 0.368. The number of anilines is 1. The summed E-state index contributed by atoms with van der Waals surface area (Å²) in [4.78, 5) is 9.46. The van der Waals surface area contributed by atoms with E-state index in [1.165, 1.54) is 18.4 Å². The van der Waals surface area contributed by atoms with E-state index >= 15 is 0 Å². The van der Waals surface area contributed by atoms with E-state index in [4.69, 9.17) is 9.52 Å². The van der Waals surface area contributed by atoms with Crippen LogP contribution in [0, 0.1) is 0 Å². The molecular weight excluding hydrogens is 380 g/mol. The maximum absolute atomic E-state index is 13.0. The minimum absolute atomic E-state index is 0.0541. The van der Waals surface area contributed by atoms with Gasteiger partial charge >= 0.3 is 12.4 Å². The Labute approximate surface area is 163 Å². The highest BCUT2D eigenvalue weighted by Gasteiger charge is 2.37. The number of rotatable bonds is 4. The molecular formula is C19H17F2N7O. The molecule has 0 bridgehead atoms. The van der Waals surface area contributed by atoms with Crippen molar-refractivity contribution in [2.45, 2.75) is 37.6 Å². The summed E-state index contributed by atoms with van der Waals surface area (Å²) in [5.74, 6) is -0.103. The Balaban J connectivity index is 1.48. The van der Waals surface area contributed by atoms with Gasteiger partial charge in [0.25, 0.3) is 5.89 Å². The molecule has 1 saturated carbocycles. The van der Waals surface area contributed by atoms with E-state index in [1.807, 2.05) is 16.8 Å². The van der Waals surface area contributed by atoms with E-state index < -0.39 is 18.4 Å². The van der Waals surface area contributed by atoms with Crippen LogP contribution in [-0.2, 0) is 6.42 Å². The molecule has 4 aromatic rings. The van der Waals surface area contributed by atoms with Crippen LogP contribution >= 0.6 is 0 Å². The second-order valence-corrected chi connectivity index (χ2v) is 7.47. The van der Waals surface area contributed by atoms with Gasteiger partial charge < -0.3 is 14.3 Å². The molecule has 2 aliphatic rings. The van der Waals surface area contributed by atoms with Gasteiger partial charge in [-0.1, -0.05) is 11.2 Å². The highest BCUT2D eigenvalue weighted by molar-refractivity contribution is 5.59. The molecule has 148 valence electrons. The molecule has 1 fully saturated rings. The van der Waals surface area contributed by atoms with Gasteiger partial charge in [-0.25, -0.2) is 9.50 Å². The molecule has 1 aliphatic heterocycles. The molecule has 0 amide bonds. The lowest BCUT2D eigenvalue weighted by molar-refractivity contribution is 0.115. The van der Waals surface area contributed by atoms with Crippen molar-refractivity contribution < 1.29 is 13.2 Å². The average molecular weight is 397 g/mol. The molecule has 0 saturated heterocycles. The smallest absolute Gasteiger partial charge is 0.319 e. The number of hydrogen-bond donors (Lipinski definition) is 1. The summed E-state index contributed by atoms with van der Waals surface area (Å²) < 4.78 is 33.1. The average Bonchev–Trinajstić information content (AvgIpc) is 3.12. The first-order chi connectivity index (χ1) is 14.2. The van der Waals surface area contributed by atoms with Gasteiger partial charge in [0.1, 0.15) is 6.04 Å². The van der Waals surface area contributed by atoms with Gasteiger partial charge in [0.2, 0.25) is 0 Å². The number of nitrogens with zero attached hydrogens (tertiary/aromatic N) is 6. The normalized spacial score (nSPS) is 19.3. The SMILES string of the molecule is FC(F)c1nnc(N2CCc3[nH]cnc3[C@H]2c2cc3c(C4CC4)cccn3n2)o1. The van der Waals surface area contributed by atoms with Crippen molar-refractivity contribution in [1.82, 2.24) is 29.8 Å². The zero-order valence-corrected chi connectivity index (χ0v) is 15.3. The van der Waals surface area contributed by atoms with Crippen LogP contribution in [0.25, 0.3) is 5.52 Å². The molecule has 10 heteroatoms. The molecule has 0 radical (unpaired) electrons. The number of alkyl halides is 2. The van der Waals surface area contributed by atoms with Gasteiger partial charge in [-0.2, -0.15) is 13.9 Å². The van der Waals surface area contributed by atoms with E-state index in [1.54, 1.807) is 11.2 Å². The predicted octanol–water partition coefficient (Wildman–Crippen LogP) is 3.41. The lowest BCUT2D eigenvalue weighted by Crippen LogP contribution is -2.36. The summed E-state index contributed by atoms with van der Waals surface area (Å²) in [7, 11) is 0. The zero-order valence-electron chi connectivity index (χ0n) is 15.3. The molecule has 1 atom stereocenters. The van der Waals surface area contributed by atoms with Crippen LogP contribution in [0.2, 0.25) is 0 Å². The van der Waals surface area contributed by atoms with Crippen LogP contribution < -0.4 is 4.90 Å². The van der Waals surface area contributed by atoms with Crippen molar-refractivity contribution >= 4 is 11.5 Å². The van der Waals surface area contributed by atoms with Crippen LogP contribution in [0.4, 0.5) is 14.8 Å². The van der Waals surface area contributed by atoms with E-state index in [-0.39, 0.29) is 6.01 Å². The first kappa shape index (κ1) is 16.6. The van der Waals surface area contributed by atoms with Crippen molar-refractivity contribution in [2.75, 3.05) is 11.4 Å². The highest BCUT2D eigenvalue weighted by atomic mass is 19.3. The molecule has 0 spiro atoms. The lowest BCUT2D eigenvalue weighted by Gasteiger charge is -2.32. The summed E-state index contributed by atoms with van der Waals surface area (Å²) in [6, 6.07) is 5.85. The quantitative estimate of drug-likeness (QED) is 0.568.